The van der Waals surface area contributed by atoms with Crippen LogP contribution >= 0.6 is 0 Å². The summed E-state index contributed by atoms with van der Waals surface area (Å²) in [4.78, 5) is 0. The number of aromatic nitrogens is 2. The van der Waals surface area contributed by atoms with Crippen LogP contribution in [0.1, 0.15) is 11.1 Å². The summed E-state index contributed by atoms with van der Waals surface area (Å²) in [7, 11) is 0. The lowest BCUT2D eigenvalue weighted by atomic mass is 9.99. The van der Waals surface area contributed by atoms with Gasteiger partial charge in [0, 0.05) is 56.7 Å². The number of hydrogen-bond acceptors (Lipinski definition) is 0. The first kappa shape index (κ1) is 21.3. The summed E-state index contributed by atoms with van der Waals surface area (Å²) in [5, 5.41) is 7.91. The second kappa shape index (κ2) is 8.36. The van der Waals surface area contributed by atoms with Crippen LogP contribution in [0.4, 0.5) is 0 Å². The Labute approximate surface area is 221 Å². The van der Waals surface area contributed by atoms with Gasteiger partial charge in [-0.15, -0.1) is 0 Å². The van der Waals surface area contributed by atoms with E-state index in [1.54, 1.807) is 0 Å². The lowest BCUT2D eigenvalue weighted by molar-refractivity contribution is 0.863. The van der Waals surface area contributed by atoms with Gasteiger partial charge >= 0.3 is 0 Å². The first-order valence-corrected chi connectivity index (χ1v) is 13.3. The van der Waals surface area contributed by atoms with Crippen LogP contribution in [0.5, 0.6) is 0 Å². The molecule has 0 radical (unpaired) electrons. The van der Waals surface area contributed by atoms with Gasteiger partial charge in [0.05, 0.1) is 0 Å². The van der Waals surface area contributed by atoms with Gasteiger partial charge in [0.2, 0.25) is 0 Å². The molecule has 38 heavy (non-hydrogen) atoms. The Hall–Kier alpha value is -4.82. The second-order valence-electron chi connectivity index (χ2n) is 10.2. The maximum atomic E-state index is 2.47. The zero-order valence-electron chi connectivity index (χ0n) is 21.0. The van der Waals surface area contributed by atoms with E-state index in [1.165, 1.54) is 65.5 Å². The van der Waals surface area contributed by atoms with Crippen LogP contribution in [0.2, 0.25) is 0 Å². The highest BCUT2D eigenvalue weighted by Crippen LogP contribution is 2.33. The SMILES string of the molecule is c1ccc2c(Cn3c4ccccc4c4ccccc43)ccc(Cn3c4ccccc4c4ccccc43)c2c1. The Morgan fingerprint density at radius 2 is 0.553 bits per heavy atom. The van der Waals surface area contributed by atoms with Gasteiger partial charge < -0.3 is 9.13 Å². The van der Waals surface area contributed by atoms with Gasteiger partial charge in [0.15, 0.2) is 0 Å². The minimum Gasteiger partial charge on any atom is -0.336 e. The highest BCUT2D eigenvalue weighted by Gasteiger charge is 2.15. The molecule has 8 aromatic rings. The van der Waals surface area contributed by atoms with Crippen molar-refractivity contribution in [2.75, 3.05) is 0 Å². The largest absolute Gasteiger partial charge is 0.336 e. The van der Waals surface area contributed by atoms with E-state index in [4.69, 9.17) is 0 Å². The molecule has 0 saturated heterocycles. The average molecular weight is 487 g/mol. The predicted molar refractivity (Wildman–Crippen MR) is 161 cm³/mol. The third-order valence-corrected chi connectivity index (χ3v) is 8.12. The van der Waals surface area contributed by atoms with Crippen molar-refractivity contribution in [3.8, 4) is 0 Å². The fourth-order valence-corrected chi connectivity index (χ4v) is 6.39. The fraction of sp³-hybridized carbons (Fsp3) is 0.0556. The number of fused-ring (bicyclic) bond motifs is 7. The molecule has 180 valence electrons. The van der Waals surface area contributed by atoms with Crippen LogP contribution in [0.3, 0.4) is 0 Å². The zero-order chi connectivity index (χ0) is 25.1. The van der Waals surface area contributed by atoms with Crippen molar-refractivity contribution in [3.63, 3.8) is 0 Å². The minimum atomic E-state index is 0.838. The Morgan fingerprint density at radius 3 is 0.868 bits per heavy atom. The molecule has 2 heteroatoms. The van der Waals surface area contributed by atoms with Crippen molar-refractivity contribution in [1.29, 1.82) is 0 Å². The average Bonchev–Trinajstić information content (AvgIpc) is 3.47. The van der Waals surface area contributed by atoms with E-state index in [0.717, 1.165) is 13.1 Å². The lowest BCUT2D eigenvalue weighted by Crippen LogP contribution is -2.03. The van der Waals surface area contributed by atoms with E-state index in [9.17, 15) is 0 Å². The highest BCUT2D eigenvalue weighted by molar-refractivity contribution is 6.09. The lowest BCUT2D eigenvalue weighted by Gasteiger charge is -2.15. The number of rotatable bonds is 4. The standard InChI is InChI=1S/C36H26N2/c1-2-12-28-26(24-38-35-19-9-5-15-31(35)32-16-6-10-20-36(32)38)22-21-25(27(28)11-1)23-37-33-17-7-3-13-29(33)30-14-4-8-18-34(30)37/h1-22H,23-24H2. The summed E-state index contributed by atoms with van der Waals surface area (Å²) < 4.78 is 4.94. The van der Waals surface area contributed by atoms with Gasteiger partial charge in [-0.05, 0) is 46.2 Å². The first-order chi connectivity index (χ1) is 18.9. The summed E-state index contributed by atoms with van der Waals surface area (Å²) in [5.41, 5.74) is 7.83. The molecule has 0 amide bonds. The molecular weight excluding hydrogens is 460 g/mol. The Balaban J connectivity index is 1.29. The van der Waals surface area contributed by atoms with Crippen LogP contribution in [0.25, 0.3) is 54.4 Å². The Morgan fingerprint density at radius 1 is 0.289 bits per heavy atom. The third kappa shape index (κ3) is 3.13. The van der Waals surface area contributed by atoms with Gasteiger partial charge in [-0.3, -0.25) is 0 Å². The molecule has 0 aliphatic rings. The Bertz CT molecular complexity index is 1880. The van der Waals surface area contributed by atoms with Gasteiger partial charge in [0.1, 0.15) is 0 Å². The van der Waals surface area contributed by atoms with Gasteiger partial charge in [-0.25, -0.2) is 0 Å². The minimum absolute atomic E-state index is 0.838. The maximum absolute atomic E-state index is 2.47. The number of benzene rings is 6. The maximum Gasteiger partial charge on any atom is 0.0494 e. The topological polar surface area (TPSA) is 9.86 Å². The van der Waals surface area contributed by atoms with Crippen molar-refractivity contribution < 1.29 is 0 Å². The fourth-order valence-electron chi connectivity index (χ4n) is 6.39. The summed E-state index contributed by atoms with van der Waals surface area (Å²) in [6, 6.07) is 48.6. The molecule has 0 saturated carbocycles. The molecule has 0 fully saturated rings. The third-order valence-electron chi connectivity index (χ3n) is 8.12. The molecule has 2 nitrogen and oxygen atoms in total. The summed E-state index contributed by atoms with van der Waals surface area (Å²) in [5.74, 6) is 0. The number of hydrogen-bond donors (Lipinski definition) is 0. The summed E-state index contributed by atoms with van der Waals surface area (Å²) in [6.45, 7) is 1.68. The van der Waals surface area contributed by atoms with Crippen LogP contribution < -0.4 is 0 Å². The van der Waals surface area contributed by atoms with Crippen molar-refractivity contribution >= 4 is 54.4 Å². The van der Waals surface area contributed by atoms with Gasteiger partial charge in [0.25, 0.3) is 0 Å². The van der Waals surface area contributed by atoms with Crippen molar-refractivity contribution in [2.24, 2.45) is 0 Å². The smallest absolute Gasteiger partial charge is 0.0494 e. The molecule has 0 aliphatic heterocycles. The van der Waals surface area contributed by atoms with Crippen molar-refractivity contribution in [3.05, 3.63) is 145 Å². The first-order valence-electron chi connectivity index (χ1n) is 13.3. The quantitative estimate of drug-likeness (QED) is 0.235. The van der Waals surface area contributed by atoms with E-state index >= 15 is 0 Å². The molecule has 2 aromatic heterocycles. The molecule has 0 bridgehead atoms. The van der Waals surface area contributed by atoms with Crippen LogP contribution in [-0.2, 0) is 13.1 Å². The van der Waals surface area contributed by atoms with Gasteiger partial charge in [-0.2, -0.15) is 0 Å². The number of para-hydroxylation sites is 4. The van der Waals surface area contributed by atoms with E-state index in [2.05, 4.69) is 143 Å². The Kier molecular flexibility index (Phi) is 4.68. The predicted octanol–water partition coefficient (Wildman–Crippen LogP) is 9.15. The molecule has 0 atom stereocenters. The summed E-state index contributed by atoms with van der Waals surface area (Å²) in [6.07, 6.45) is 0. The molecule has 0 unspecified atom stereocenters. The van der Waals surface area contributed by atoms with Crippen molar-refractivity contribution in [1.82, 2.24) is 9.13 Å². The van der Waals surface area contributed by atoms with E-state index in [-0.39, 0.29) is 0 Å². The van der Waals surface area contributed by atoms with E-state index in [0.29, 0.717) is 0 Å². The molecule has 2 heterocycles. The second-order valence-corrected chi connectivity index (χ2v) is 10.2. The monoisotopic (exact) mass is 486 g/mol. The van der Waals surface area contributed by atoms with Crippen LogP contribution in [0, 0.1) is 0 Å². The zero-order valence-corrected chi connectivity index (χ0v) is 21.0. The van der Waals surface area contributed by atoms with Gasteiger partial charge in [-0.1, -0.05) is 109 Å². The molecule has 0 aliphatic carbocycles. The molecule has 0 spiro atoms. The van der Waals surface area contributed by atoms with Crippen LogP contribution in [-0.4, -0.2) is 9.13 Å². The van der Waals surface area contributed by atoms with E-state index in [1.807, 2.05) is 0 Å². The van der Waals surface area contributed by atoms with Crippen LogP contribution in [0.15, 0.2) is 133 Å². The molecule has 0 N–H and O–H groups in total. The molecular formula is C36H26N2. The van der Waals surface area contributed by atoms with E-state index < -0.39 is 0 Å². The molecule has 8 rings (SSSR count). The normalized spacial score (nSPS) is 11.9. The summed E-state index contributed by atoms with van der Waals surface area (Å²) >= 11 is 0. The highest BCUT2D eigenvalue weighted by atomic mass is 15.0. The number of nitrogens with zero attached hydrogens (tertiary/aromatic N) is 2. The van der Waals surface area contributed by atoms with Crippen molar-refractivity contribution in [2.45, 2.75) is 13.1 Å². The molecule has 6 aromatic carbocycles.